The molecule has 0 amide bonds. The van der Waals surface area contributed by atoms with Gasteiger partial charge in [-0.1, -0.05) is 34.8 Å². The molecule has 0 saturated heterocycles. The minimum atomic E-state index is -0.173. The van der Waals surface area contributed by atoms with E-state index in [1.165, 1.54) is 0 Å². The Hall–Kier alpha value is -0.500. The summed E-state index contributed by atoms with van der Waals surface area (Å²) in [6.45, 7) is 5.75. The van der Waals surface area contributed by atoms with Gasteiger partial charge in [0, 0.05) is 21.7 Å². The van der Waals surface area contributed by atoms with Crippen LogP contribution in [0.1, 0.15) is 24.9 Å². The van der Waals surface area contributed by atoms with Crippen LogP contribution in [0.4, 0.5) is 0 Å². The van der Waals surface area contributed by atoms with Gasteiger partial charge in [-0.2, -0.15) is 0 Å². The first-order chi connectivity index (χ1) is 6.52. The standard InChI is InChI=1S/C11H13Cl2N/c1-7(2)6-10(14)11-8(12)4-3-5-9(11)13/h3-5,10H,1,6,14H2,2H3. The zero-order valence-electron chi connectivity index (χ0n) is 8.06. The van der Waals surface area contributed by atoms with Crippen LogP contribution in [0.5, 0.6) is 0 Å². The summed E-state index contributed by atoms with van der Waals surface area (Å²) in [7, 11) is 0. The second-order valence-corrected chi connectivity index (χ2v) is 4.22. The molecule has 2 N–H and O–H groups in total. The molecule has 3 heteroatoms. The van der Waals surface area contributed by atoms with Crippen molar-refractivity contribution in [3.05, 3.63) is 46.0 Å². The summed E-state index contributed by atoms with van der Waals surface area (Å²) in [5.41, 5.74) is 7.79. The molecule has 1 atom stereocenters. The molecule has 1 aromatic rings. The van der Waals surface area contributed by atoms with Gasteiger partial charge in [0.25, 0.3) is 0 Å². The Labute approximate surface area is 94.5 Å². The van der Waals surface area contributed by atoms with E-state index < -0.39 is 0 Å². The van der Waals surface area contributed by atoms with Crippen molar-refractivity contribution in [1.82, 2.24) is 0 Å². The predicted molar refractivity (Wildman–Crippen MR) is 62.8 cm³/mol. The van der Waals surface area contributed by atoms with E-state index in [2.05, 4.69) is 6.58 Å². The number of nitrogens with two attached hydrogens (primary N) is 1. The molecule has 0 aliphatic heterocycles. The lowest BCUT2D eigenvalue weighted by atomic mass is 10.0. The van der Waals surface area contributed by atoms with E-state index in [9.17, 15) is 0 Å². The van der Waals surface area contributed by atoms with Crippen molar-refractivity contribution in [3.8, 4) is 0 Å². The Morgan fingerprint density at radius 2 is 1.93 bits per heavy atom. The van der Waals surface area contributed by atoms with Crippen molar-refractivity contribution in [2.24, 2.45) is 5.73 Å². The average molecular weight is 230 g/mol. The molecular formula is C11H13Cl2N. The van der Waals surface area contributed by atoms with Crippen LogP contribution in [0.3, 0.4) is 0 Å². The van der Waals surface area contributed by atoms with Gasteiger partial charge in [0.05, 0.1) is 0 Å². The van der Waals surface area contributed by atoms with E-state index in [-0.39, 0.29) is 6.04 Å². The van der Waals surface area contributed by atoms with Crippen LogP contribution in [-0.2, 0) is 0 Å². The molecule has 0 spiro atoms. The van der Waals surface area contributed by atoms with E-state index in [1.807, 2.05) is 13.0 Å². The van der Waals surface area contributed by atoms with Gasteiger partial charge in [0.15, 0.2) is 0 Å². The van der Waals surface area contributed by atoms with Crippen LogP contribution in [0.25, 0.3) is 0 Å². The third kappa shape index (κ3) is 2.74. The fourth-order valence-corrected chi connectivity index (χ4v) is 2.02. The van der Waals surface area contributed by atoms with Crippen LogP contribution >= 0.6 is 23.2 Å². The van der Waals surface area contributed by atoms with Gasteiger partial charge < -0.3 is 5.73 Å². The van der Waals surface area contributed by atoms with Crippen molar-refractivity contribution >= 4 is 23.2 Å². The first-order valence-electron chi connectivity index (χ1n) is 4.36. The molecule has 0 aromatic heterocycles. The van der Waals surface area contributed by atoms with Gasteiger partial charge in [0.2, 0.25) is 0 Å². The normalized spacial score (nSPS) is 12.6. The molecule has 1 unspecified atom stereocenters. The van der Waals surface area contributed by atoms with Crippen LogP contribution in [0, 0.1) is 0 Å². The molecule has 14 heavy (non-hydrogen) atoms. The highest BCUT2D eigenvalue weighted by Crippen LogP contribution is 2.31. The molecule has 0 saturated carbocycles. The third-order valence-corrected chi connectivity index (χ3v) is 2.60. The number of halogens is 2. The van der Waals surface area contributed by atoms with E-state index in [0.717, 1.165) is 11.1 Å². The van der Waals surface area contributed by atoms with Gasteiger partial charge in [-0.15, -0.1) is 6.58 Å². The topological polar surface area (TPSA) is 26.0 Å². The summed E-state index contributed by atoms with van der Waals surface area (Å²) < 4.78 is 0. The lowest BCUT2D eigenvalue weighted by Gasteiger charge is -2.15. The number of hydrogen-bond acceptors (Lipinski definition) is 1. The van der Waals surface area contributed by atoms with E-state index in [4.69, 9.17) is 28.9 Å². The first kappa shape index (κ1) is 11.6. The molecule has 0 fully saturated rings. The Balaban J connectivity index is 2.99. The summed E-state index contributed by atoms with van der Waals surface area (Å²) in [5.74, 6) is 0. The summed E-state index contributed by atoms with van der Waals surface area (Å²) >= 11 is 12.0. The van der Waals surface area contributed by atoms with Crippen molar-refractivity contribution in [3.63, 3.8) is 0 Å². The molecule has 1 nitrogen and oxygen atoms in total. The third-order valence-electron chi connectivity index (χ3n) is 1.94. The van der Waals surface area contributed by atoms with Crippen molar-refractivity contribution < 1.29 is 0 Å². The highest BCUT2D eigenvalue weighted by Gasteiger charge is 2.13. The number of rotatable bonds is 3. The van der Waals surface area contributed by atoms with Crippen molar-refractivity contribution in [1.29, 1.82) is 0 Å². The Morgan fingerprint density at radius 3 is 2.36 bits per heavy atom. The van der Waals surface area contributed by atoms with Crippen LogP contribution < -0.4 is 5.73 Å². The predicted octanol–water partition coefficient (Wildman–Crippen LogP) is 3.96. The maximum Gasteiger partial charge on any atom is 0.0468 e. The SMILES string of the molecule is C=C(C)CC(N)c1c(Cl)cccc1Cl. The largest absolute Gasteiger partial charge is 0.324 e. The Bertz CT molecular complexity index is 327. The van der Waals surface area contributed by atoms with Gasteiger partial charge in [-0.05, 0) is 25.5 Å². The Morgan fingerprint density at radius 1 is 1.43 bits per heavy atom. The van der Waals surface area contributed by atoms with Crippen LogP contribution in [0.2, 0.25) is 10.0 Å². The molecule has 1 aromatic carbocycles. The smallest absolute Gasteiger partial charge is 0.0468 e. The summed E-state index contributed by atoms with van der Waals surface area (Å²) in [6, 6.07) is 5.22. The second kappa shape index (κ2) is 4.83. The maximum atomic E-state index is 6.01. The fraction of sp³-hybridized carbons (Fsp3) is 0.273. The molecule has 0 radical (unpaired) electrons. The minimum Gasteiger partial charge on any atom is -0.324 e. The monoisotopic (exact) mass is 229 g/mol. The van der Waals surface area contributed by atoms with Gasteiger partial charge >= 0.3 is 0 Å². The van der Waals surface area contributed by atoms with E-state index in [1.54, 1.807) is 12.1 Å². The molecular weight excluding hydrogens is 217 g/mol. The zero-order chi connectivity index (χ0) is 10.7. The summed E-state index contributed by atoms with van der Waals surface area (Å²) in [4.78, 5) is 0. The average Bonchev–Trinajstić information content (AvgIpc) is 2.01. The number of benzene rings is 1. The molecule has 1 rings (SSSR count). The first-order valence-corrected chi connectivity index (χ1v) is 5.12. The van der Waals surface area contributed by atoms with E-state index >= 15 is 0 Å². The van der Waals surface area contributed by atoms with Crippen molar-refractivity contribution in [2.75, 3.05) is 0 Å². The van der Waals surface area contributed by atoms with Gasteiger partial charge in [-0.3, -0.25) is 0 Å². The molecule has 0 heterocycles. The van der Waals surface area contributed by atoms with Gasteiger partial charge in [0.1, 0.15) is 0 Å². The summed E-state index contributed by atoms with van der Waals surface area (Å²) in [5, 5.41) is 1.23. The molecule has 0 aliphatic rings. The molecule has 0 aliphatic carbocycles. The lowest BCUT2D eigenvalue weighted by molar-refractivity contribution is 0.717. The maximum absolute atomic E-state index is 6.01. The van der Waals surface area contributed by atoms with Crippen molar-refractivity contribution in [2.45, 2.75) is 19.4 Å². The summed E-state index contributed by atoms with van der Waals surface area (Å²) in [6.07, 6.45) is 0.698. The van der Waals surface area contributed by atoms with Crippen LogP contribution in [0.15, 0.2) is 30.4 Å². The van der Waals surface area contributed by atoms with Gasteiger partial charge in [-0.25, -0.2) is 0 Å². The molecule has 76 valence electrons. The van der Waals surface area contributed by atoms with Crippen LogP contribution in [-0.4, -0.2) is 0 Å². The number of hydrogen-bond donors (Lipinski definition) is 1. The fourth-order valence-electron chi connectivity index (χ4n) is 1.34. The lowest BCUT2D eigenvalue weighted by Crippen LogP contribution is -2.11. The highest BCUT2D eigenvalue weighted by atomic mass is 35.5. The Kier molecular flexibility index (Phi) is 3.99. The second-order valence-electron chi connectivity index (χ2n) is 3.40. The zero-order valence-corrected chi connectivity index (χ0v) is 9.57. The minimum absolute atomic E-state index is 0.173. The quantitative estimate of drug-likeness (QED) is 0.781. The molecule has 0 bridgehead atoms. The highest BCUT2D eigenvalue weighted by molar-refractivity contribution is 6.36. The van der Waals surface area contributed by atoms with E-state index in [0.29, 0.717) is 16.5 Å².